The number of Topliss-reactive ketones (excluding diaryl/α,β-unsaturated/α-hetero) is 1. The molecule has 1 fully saturated rings. The van der Waals surface area contributed by atoms with E-state index >= 15 is 0 Å². The van der Waals surface area contributed by atoms with Crippen LogP contribution < -0.4 is 4.74 Å². The number of ketones is 1. The van der Waals surface area contributed by atoms with Crippen molar-refractivity contribution >= 4 is 5.78 Å². The Balaban J connectivity index is 1.59. The molecule has 2 rings (SSSR count). The van der Waals surface area contributed by atoms with Crippen LogP contribution in [0.1, 0.15) is 19.3 Å². The van der Waals surface area contributed by atoms with Crippen molar-refractivity contribution in [2.24, 2.45) is 0 Å². The van der Waals surface area contributed by atoms with Crippen molar-refractivity contribution in [1.82, 2.24) is 4.90 Å². The lowest BCUT2D eigenvalue weighted by Crippen LogP contribution is -2.34. The van der Waals surface area contributed by atoms with Crippen molar-refractivity contribution in [2.45, 2.75) is 19.3 Å². The highest BCUT2D eigenvalue weighted by atomic mass is 16.5. The van der Waals surface area contributed by atoms with E-state index in [4.69, 9.17) is 4.74 Å². The number of hydrogen-bond donors (Lipinski definition) is 0. The van der Waals surface area contributed by atoms with Crippen molar-refractivity contribution in [3.05, 3.63) is 30.3 Å². The Morgan fingerprint density at radius 1 is 1.12 bits per heavy atom. The van der Waals surface area contributed by atoms with Gasteiger partial charge in [0.1, 0.15) is 11.5 Å². The highest BCUT2D eigenvalue weighted by molar-refractivity contribution is 5.79. The lowest BCUT2D eigenvalue weighted by Gasteiger charge is -2.25. The van der Waals surface area contributed by atoms with Crippen LogP contribution in [0.3, 0.4) is 0 Å². The van der Waals surface area contributed by atoms with Crippen LogP contribution in [0.2, 0.25) is 0 Å². The fourth-order valence-electron chi connectivity index (χ4n) is 2.02. The van der Waals surface area contributed by atoms with Gasteiger partial charge in [0.2, 0.25) is 0 Å². The van der Waals surface area contributed by atoms with Crippen molar-refractivity contribution in [2.75, 3.05) is 26.2 Å². The van der Waals surface area contributed by atoms with Crippen LogP contribution >= 0.6 is 0 Å². The van der Waals surface area contributed by atoms with Crippen LogP contribution in [0.5, 0.6) is 5.75 Å². The molecule has 0 aromatic heterocycles. The maximum absolute atomic E-state index is 11.1. The van der Waals surface area contributed by atoms with Gasteiger partial charge in [-0.2, -0.15) is 0 Å². The number of rotatable bonds is 5. The van der Waals surface area contributed by atoms with Gasteiger partial charge in [-0.3, -0.25) is 4.79 Å². The molecule has 3 heteroatoms. The van der Waals surface area contributed by atoms with Crippen LogP contribution in [0.25, 0.3) is 0 Å². The molecule has 1 aliphatic heterocycles. The quantitative estimate of drug-likeness (QED) is 0.730. The summed E-state index contributed by atoms with van der Waals surface area (Å²) in [4.78, 5) is 13.4. The van der Waals surface area contributed by atoms with Crippen LogP contribution in [-0.4, -0.2) is 36.9 Å². The maximum atomic E-state index is 11.1. The van der Waals surface area contributed by atoms with Crippen LogP contribution in [0, 0.1) is 0 Å². The van der Waals surface area contributed by atoms with Gasteiger partial charge < -0.3 is 9.64 Å². The zero-order valence-corrected chi connectivity index (χ0v) is 10.1. The van der Waals surface area contributed by atoms with Gasteiger partial charge in [-0.1, -0.05) is 18.2 Å². The van der Waals surface area contributed by atoms with Crippen LogP contribution in [0.4, 0.5) is 0 Å². The fraction of sp³-hybridized carbons (Fsp3) is 0.500. The lowest BCUT2D eigenvalue weighted by atomic mass is 10.1. The van der Waals surface area contributed by atoms with E-state index in [0.717, 1.165) is 51.3 Å². The van der Waals surface area contributed by atoms with E-state index in [1.54, 1.807) is 0 Å². The second kappa shape index (κ2) is 6.40. The molecule has 0 amide bonds. The molecule has 1 heterocycles. The molecule has 0 unspecified atom stereocenters. The average Bonchev–Trinajstić information content (AvgIpc) is 2.38. The van der Waals surface area contributed by atoms with Gasteiger partial charge >= 0.3 is 0 Å². The SMILES string of the molecule is O=C1CCN(CCCOc2ccccc2)CC1. The Morgan fingerprint density at radius 3 is 2.53 bits per heavy atom. The number of ether oxygens (including phenoxy) is 1. The molecule has 0 radical (unpaired) electrons. The Kier molecular flexibility index (Phi) is 4.56. The first kappa shape index (κ1) is 12.1. The number of carbonyl (C=O) groups is 1. The third-order valence-electron chi connectivity index (χ3n) is 3.04. The topological polar surface area (TPSA) is 29.5 Å². The van der Waals surface area contributed by atoms with Gasteiger partial charge in [0.15, 0.2) is 0 Å². The smallest absolute Gasteiger partial charge is 0.135 e. The molecular weight excluding hydrogens is 214 g/mol. The largest absolute Gasteiger partial charge is 0.494 e. The number of benzene rings is 1. The molecule has 0 aliphatic carbocycles. The summed E-state index contributed by atoms with van der Waals surface area (Å²) in [6.07, 6.45) is 2.46. The first-order chi connectivity index (χ1) is 8.34. The van der Waals surface area contributed by atoms with Gasteiger partial charge in [0.25, 0.3) is 0 Å². The van der Waals surface area contributed by atoms with E-state index in [-0.39, 0.29) is 0 Å². The minimum Gasteiger partial charge on any atom is -0.494 e. The number of hydrogen-bond acceptors (Lipinski definition) is 3. The summed E-state index contributed by atoms with van der Waals surface area (Å²) in [5, 5.41) is 0. The molecule has 0 atom stereocenters. The highest BCUT2D eigenvalue weighted by Crippen LogP contribution is 2.09. The normalized spacial score (nSPS) is 17.1. The molecule has 92 valence electrons. The van der Waals surface area contributed by atoms with Crippen molar-refractivity contribution in [3.63, 3.8) is 0 Å². The van der Waals surface area contributed by atoms with Gasteiger partial charge in [0.05, 0.1) is 6.61 Å². The highest BCUT2D eigenvalue weighted by Gasteiger charge is 2.15. The fourth-order valence-corrected chi connectivity index (χ4v) is 2.02. The van der Waals surface area contributed by atoms with Crippen LogP contribution in [0.15, 0.2) is 30.3 Å². The molecule has 1 saturated heterocycles. The molecule has 1 aromatic carbocycles. The van der Waals surface area contributed by atoms with Gasteiger partial charge in [-0.15, -0.1) is 0 Å². The number of carbonyl (C=O) groups excluding carboxylic acids is 1. The summed E-state index contributed by atoms with van der Waals surface area (Å²) in [6, 6.07) is 9.88. The third-order valence-corrected chi connectivity index (χ3v) is 3.04. The number of likely N-dealkylation sites (tertiary alicyclic amines) is 1. The van der Waals surface area contributed by atoms with Gasteiger partial charge in [-0.25, -0.2) is 0 Å². The molecule has 17 heavy (non-hydrogen) atoms. The predicted octanol–water partition coefficient (Wildman–Crippen LogP) is 2.12. The van der Waals surface area contributed by atoms with Crippen LogP contribution in [-0.2, 0) is 4.79 Å². The first-order valence-electron chi connectivity index (χ1n) is 6.26. The number of nitrogens with zero attached hydrogens (tertiary/aromatic N) is 1. The summed E-state index contributed by atoms with van der Waals surface area (Å²) in [6.45, 7) is 3.61. The second-order valence-corrected chi connectivity index (χ2v) is 4.40. The Hall–Kier alpha value is -1.35. The molecule has 1 aromatic rings. The summed E-state index contributed by atoms with van der Waals surface area (Å²) in [5.41, 5.74) is 0. The summed E-state index contributed by atoms with van der Waals surface area (Å²) in [7, 11) is 0. The third kappa shape index (κ3) is 4.19. The zero-order chi connectivity index (χ0) is 11.9. The monoisotopic (exact) mass is 233 g/mol. The minimum atomic E-state index is 0.404. The Morgan fingerprint density at radius 2 is 1.82 bits per heavy atom. The molecule has 0 bridgehead atoms. The van der Waals surface area contributed by atoms with E-state index in [1.165, 1.54) is 0 Å². The number of para-hydroxylation sites is 1. The lowest BCUT2D eigenvalue weighted by molar-refractivity contribution is -0.121. The van der Waals surface area contributed by atoms with Crippen molar-refractivity contribution < 1.29 is 9.53 Å². The van der Waals surface area contributed by atoms with Gasteiger partial charge in [0, 0.05) is 32.5 Å². The van der Waals surface area contributed by atoms with Gasteiger partial charge in [-0.05, 0) is 18.6 Å². The predicted molar refractivity (Wildman–Crippen MR) is 67.2 cm³/mol. The molecule has 3 nitrogen and oxygen atoms in total. The zero-order valence-electron chi connectivity index (χ0n) is 10.1. The Bertz CT molecular complexity index is 340. The number of piperidine rings is 1. The molecular formula is C14H19NO2. The molecule has 0 saturated carbocycles. The average molecular weight is 233 g/mol. The van der Waals surface area contributed by atoms with E-state index in [1.807, 2.05) is 30.3 Å². The van der Waals surface area contributed by atoms with Crippen molar-refractivity contribution in [1.29, 1.82) is 0 Å². The molecule has 1 aliphatic rings. The molecule has 0 N–H and O–H groups in total. The van der Waals surface area contributed by atoms with E-state index in [0.29, 0.717) is 5.78 Å². The second-order valence-electron chi connectivity index (χ2n) is 4.40. The van der Waals surface area contributed by atoms with E-state index in [2.05, 4.69) is 4.90 Å². The summed E-state index contributed by atoms with van der Waals surface area (Å²) < 4.78 is 5.62. The maximum Gasteiger partial charge on any atom is 0.135 e. The standard InChI is InChI=1S/C14H19NO2/c16-13-7-10-15(11-8-13)9-4-12-17-14-5-2-1-3-6-14/h1-3,5-6H,4,7-12H2. The van der Waals surface area contributed by atoms with E-state index in [9.17, 15) is 4.79 Å². The van der Waals surface area contributed by atoms with Crippen molar-refractivity contribution in [3.8, 4) is 5.75 Å². The summed E-state index contributed by atoms with van der Waals surface area (Å²) in [5.74, 6) is 1.34. The summed E-state index contributed by atoms with van der Waals surface area (Å²) >= 11 is 0. The minimum absolute atomic E-state index is 0.404. The van der Waals surface area contributed by atoms with E-state index < -0.39 is 0 Å². The molecule has 0 spiro atoms. The Labute approximate surface area is 102 Å². The first-order valence-corrected chi connectivity index (χ1v) is 6.26.